The van der Waals surface area contributed by atoms with Crippen molar-refractivity contribution < 1.29 is 19.7 Å². The molecule has 0 heterocycles. The highest BCUT2D eigenvalue weighted by atomic mass is 16.5. The molecule has 0 saturated carbocycles. The van der Waals surface area contributed by atoms with Crippen LogP contribution in [0.2, 0.25) is 0 Å². The Morgan fingerprint density at radius 2 is 1.75 bits per heavy atom. The number of carbonyl (C=O) groups is 1. The van der Waals surface area contributed by atoms with Crippen LogP contribution in [0.5, 0.6) is 0 Å². The zero-order chi connectivity index (χ0) is 15.7. The highest BCUT2D eigenvalue weighted by Crippen LogP contribution is 2.15. The summed E-state index contributed by atoms with van der Waals surface area (Å²) in [6.07, 6.45) is 2.39. The Kier molecular flexibility index (Phi) is 9.72. The van der Waals surface area contributed by atoms with Crippen LogP contribution in [-0.4, -0.2) is 41.4 Å². The van der Waals surface area contributed by atoms with Crippen molar-refractivity contribution in [3.8, 4) is 0 Å². The van der Waals surface area contributed by atoms with Crippen molar-refractivity contribution in [3.63, 3.8) is 0 Å². The molecule has 0 aromatic rings. The molecule has 4 heteroatoms. The quantitative estimate of drug-likeness (QED) is 0.605. The highest BCUT2D eigenvalue weighted by Gasteiger charge is 2.17. The molecule has 20 heavy (non-hydrogen) atoms. The van der Waals surface area contributed by atoms with Crippen LogP contribution in [0.3, 0.4) is 0 Å². The van der Waals surface area contributed by atoms with Gasteiger partial charge in [-0.3, -0.25) is 4.79 Å². The van der Waals surface area contributed by atoms with Gasteiger partial charge in [0.2, 0.25) is 0 Å². The normalized spacial score (nSPS) is 17.1. The lowest BCUT2D eigenvalue weighted by atomic mass is 9.98. The van der Waals surface area contributed by atoms with Crippen LogP contribution in [0.1, 0.15) is 53.4 Å². The fraction of sp³-hybridized carbons (Fsp3) is 0.812. The van der Waals surface area contributed by atoms with Crippen LogP contribution in [0, 0.1) is 5.92 Å². The molecule has 3 unspecified atom stereocenters. The zero-order valence-electron chi connectivity index (χ0n) is 13.4. The van der Waals surface area contributed by atoms with Gasteiger partial charge in [0.15, 0.2) is 5.78 Å². The van der Waals surface area contributed by atoms with Gasteiger partial charge in [0.1, 0.15) is 6.10 Å². The molecule has 0 aromatic carbocycles. The second-order valence-electron chi connectivity index (χ2n) is 5.91. The number of ether oxygens (including phenoxy) is 1. The minimum atomic E-state index is -0.637. The number of Topliss-reactive ketones (excluding diaryl/α,β-unsaturated/α-hetero) is 1. The summed E-state index contributed by atoms with van der Waals surface area (Å²) in [5, 5.41) is 19.2. The van der Waals surface area contributed by atoms with E-state index < -0.39 is 18.3 Å². The molecule has 0 saturated heterocycles. The van der Waals surface area contributed by atoms with Gasteiger partial charge >= 0.3 is 0 Å². The fourth-order valence-corrected chi connectivity index (χ4v) is 1.85. The monoisotopic (exact) mass is 286 g/mol. The first-order chi connectivity index (χ1) is 9.27. The molecule has 118 valence electrons. The Morgan fingerprint density at radius 1 is 1.15 bits per heavy atom. The molecule has 0 aromatic heterocycles. The van der Waals surface area contributed by atoms with Crippen LogP contribution in [0.15, 0.2) is 11.6 Å². The maximum atomic E-state index is 11.9. The molecule has 0 fully saturated rings. The Bertz CT molecular complexity index is 308. The largest absolute Gasteiger partial charge is 0.393 e. The molecule has 0 rings (SSSR count). The molecule has 0 aliphatic heterocycles. The number of carbonyl (C=O) groups excluding carboxylic acids is 1. The summed E-state index contributed by atoms with van der Waals surface area (Å²) in [7, 11) is 1.48. The van der Waals surface area contributed by atoms with E-state index in [1.165, 1.54) is 7.11 Å². The first-order valence-corrected chi connectivity index (χ1v) is 7.37. The van der Waals surface area contributed by atoms with Gasteiger partial charge in [-0.25, -0.2) is 0 Å². The van der Waals surface area contributed by atoms with Gasteiger partial charge in [0.05, 0.1) is 12.2 Å². The molecule has 0 aliphatic rings. The molecule has 0 radical (unpaired) electrons. The number of hydrogen-bond acceptors (Lipinski definition) is 4. The smallest absolute Gasteiger partial charge is 0.165 e. The maximum absolute atomic E-state index is 11.9. The molecule has 0 amide bonds. The fourth-order valence-electron chi connectivity index (χ4n) is 1.85. The summed E-state index contributed by atoms with van der Waals surface area (Å²) in [4.78, 5) is 11.9. The van der Waals surface area contributed by atoms with Crippen molar-refractivity contribution in [1.29, 1.82) is 0 Å². The molecule has 4 nitrogen and oxygen atoms in total. The van der Waals surface area contributed by atoms with E-state index in [4.69, 9.17) is 4.74 Å². The number of ketones is 1. The standard InChI is InChI=1S/C16H30O4/c1-11(2)6-8-14(18)12(3)10-16(20-5)15(19)9-7-13(4)17/h10-11,13-14,16-18H,6-9H2,1-5H3/b12-10+. The number of methoxy groups -OCH3 is 1. The van der Waals surface area contributed by atoms with Gasteiger partial charge in [-0.2, -0.15) is 0 Å². The summed E-state index contributed by atoms with van der Waals surface area (Å²) >= 11 is 0. The Morgan fingerprint density at radius 3 is 2.20 bits per heavy atom. The maximum Gasteiger partial charge on any atom is 0.165 e. The second-order valence-corrected chi connectivity index (χ2v) is 5.91. The lowest BCUT2D eigenvalue weighted by molar-refractivity contribution is -0.126. The summed E-state index contributed by atoms with van der Waals surface area (Å²) < 4.78 is 5.17. The van der Waals surface area contributed by atoms with E-state index in [-0.39, 0.29) is 12.2 Å². The van der Waals surface area contributed by atoms with Gasteiger partial charge < -0.3 is 14.9 Å². The lowest BCUT2D eigenvalue weighted by Gasteiger charge is -2.16. The van der Waals surface area contributed by atoms with Crippen molar-refractivity contribution in [2.75, 3.05) is 7.11 Å². The third kappa shape index (κ3) is 8.46. The van der Waals surface area contributed by atoms with Gasteiger partial charge in [0.25, 0.3) is 0 Å². The molecule has 0 bridgehead atoms. The topological polar surface area (TPSA) is 66.8 Å². The lowest BCUT2D eigenvalue weighted by Crippen LogP contribution is -2.23. The first-order valence-electron chi connectivity index (χ1n) is 7.37. The third-order valence-electron chi connectivity index (χ3n) is 3.34. The summed E-state index contributed by atoms with van der Waals surface area (Å²) in [5.74, 6) is 0.479. The Balaban J connectivity index is 4.49. The van der Waals surface area contributed by atoms with E-state index in [1.807, 2.05) is 6.92 Å². The van der Waals surface area contributed by atoms with E-state index in [1.54, 1.807) is 13.0 Å². The summed E-state index contributed by atoms with van der Waals surface area (Å²) in [6, 6.07) is 0. The minimum absolute atomic E-state index is 0.0659. The van der Waals surface area contributed by atoms with Crippen molar-refractivity contribution >= 4 is 5.78 Å². The van der Waals surface area contributed by atoms with E-state index >= 15 is 0 Å². The van der Waals surface area contributed by atoms with E-state index in [9.17, 15) is 15.0 Å². The van der Waals surface area contributed by atoms with Crippen LogP contribution in [-0.2, 0) is 9.53 Å². The SMILES string of the molecule is COC(/C=C(\C)C(O)CCC(C)C)C(=O)CCC(C)O. The van der Waals surface area contributed by atoms with Gasteiger partial charge in [-0.1, -0.05) is 13.8 Å². The van der Waals surface area contributed by atoms with Crippen molar-refractivity contribution in [2.45, 2.75) is 71.7 Å². The van der Waals surface area contributed by atoms with Crippen LogP contribution in [0.25, 0.3) is 0 Å². The van der Waals surface area contributed by atoms with Crippen molar-refractivity contribution in [3.05, 3.63) is 11.6 Å². The number of aliphatic hydroxyl groups excluding tert-OH is 2. The molecular weight excluding hydrogens is 256 g/mol. The molecule has 3 atom stereocenters. The second kappa shape index (κ2) is 10.1. The van der Waals surface area contributed by atoms with E-state index in [0.29, 0.717) is 18.8 Å². The van der Waals surface area contributed by atoms with Gasteiger partial charge in [-0.05, 0) is 50.7 Å². The highest BCUT2D eigenvalue weighted by molar-refractivity contribution is 5.85. The predicted octanol–water partition coefficient (Wildman–Crippen LogP) is 2.47. The Labute approximate surface area is 122 Å². The molecule has 0 aliphatic carbocycles. The average molecular weight is 286 g/mol. The van der Waals surface area contributed by atoms with E-state index in [2.05, 4.69) is 13.8 Å². The van der Waals surface area contributed by atoms with Crippen LogP contribution in [0.4, 0.5) is 0 Å². The molecular formula is C16H30O4. The van der Waals surface area contributed by atoms with Gasteiger partial charge in [-0.15, -0.1) is 0 Å². The van der Waals surface area contributed by atoms with Crippen molar-refractivity contribution in [2.24, 2.45) is 5.92 Å². The number of hydrogen-bond donors (Lipinski definition) is 2. The summed E-state index contributed by atoms with van der Waals surface area (Å²) in [5.41, 5.74) is 0.767. The average Bonchev–Trinajstić information content (AvgIpc) is 2.38. The third-order valence-corrected chi connectivity index (χ3v) is 3.34. The summed E-state index contributed by atoms with van der Waals surface area (Å²) in [6.45, 7) is 7.71. The van der Waals surface area contributed by atoms with Gasteiger partial charge in [0, 0.05) is 13.5 Å². The minimum Gasteiger partial charge on any atom is -0.393 e. The Hall–Kier alpha value is -0.710. The number of rotatable bonds is 10. The first kappa shape index (κ1) is 19.3. The van der Waals surface area contributed by atoms with E-state index in [0.717, 1.165) is 12.0 Å². The molecule has 2 N–H and O–H groups in total. The van der Waals surface area contributed by atoms with Crippen LogP contribution >= 0.6 is 0 Å². The predicted molar refractivity (Wildman–Crippen MR) is 80.6 cm³/mol. The van der Waals surface area contributed by atoms with Crippen molar-refractivity contribution in [1.82, 2.24) is 0 Å². The molecule has 0 spiro atoms. The number of aliphatic hydroxyl groups is 2. The zero-order valence-corrected chi connectivity index (χ0v) is 13.4. The van der Waals surface area contributed by atoms with Crippen LogP contribution < -0.4 is 0 Å².